The smallest absolute Gasteiger partial charge is 0.143 e. The molecule has 0 aliphatic carbocycles. The number of hydrogen-bond acceptors (Lipinski definition) is 2. The molecule has 0 aliphatic heterocycles. The van der Waals surface area contributed by atoms with Crippen molar-refractivity contribution in [3.8, 4) is 5.75 Å². The molecule has 2 rings (SSSR count). The predicted molar refractivity (Wildman–Crippen MR) is 91.6 cm³/mol. The highest BCUT2D eigenvalue weighted by molar-refractivity contribution is 9.10. The quantitative estimate of drug-likeness (QED) is 0.675. The van der Waals surface area contributed by atoms with E-state index in [0.29, 0.717) is 5.56 Å². The van der Waals surface area contributed by atoms with E-state index in [0.717, 1.165) is 25.9 Å². The molecule has 21 heavy (non-hydrogen) atoms. The molecular weight excluding hydrogens is 401 g/mol. The Hall–Kier alpha value is -1.07. The molecule has 2 nitrogen and oxygen atoms in total. The second-order valence-electron chi connectivity index (χ2n) is 4.83. The molecular formula is C16H16Br2FNO. The van der Waals surface area contributed by atoms with Crippen LogP contribution in [0.4, 0.5) is 10.1 Å². The van der Waals surface area contributed by atoms with Crippen LogP contribution in [0.3, 0.4) is 0 Å². The van der Waals surface area contributed by atoms with Gasteiger partial charge in [0.05, 0.1) is 18.8 Å². The summed E-state index contributed by atoms with van der Waals surface area (Å²) in [6.45, 7) is 3.91. The Morgan fingerprint density at radius 2 is 1.86 bits per heavy atom. The van der Waals surface area contributed by atoms with Gasteiger partial charge in [-0.25, -0.2) is 4.39 Å². The molecule has 1 atom stereocenters. The fourth-order valence-electron chi connectivity index (χ4n) is 2.21. The summed E-state index contributed by atoms with van der Waals surface area (Å²) >= 11 is 6.71. The summed E-state index contributed by atoms with van der Waals surface area (Å²) in [6, 6.07) is 8.79. The highest BCUT2D eigenvalue weighted by atomic mass is 79.9. The van der Waals surface area contributed by atoms with Crippen LogP contribution in [0.15, 0.2) is 39.3 Å². The van der Waals surface area contributed by atoms with Crippen molar-refractivity contribution in [3.63, 3.8) is 0 Å². The van der Waals surface area contributed by atoms with E-state index in [2.05, 4.69) is 37.2 Å². The van der Waals surface area contributed by atoms with Crippen LogP contribution in [0.5, 0.6) is 5.75 Å². The van der Waals surface area contributed by atoms with Crippen molar-refractivity contribution in [3.05, 3.63) is 56.2 Å². The molecule has 0 aromatic heterocycles. The van der Waals surface area contributed by atoms with Gasteiger partial charge in [0.1, 0.15) is 11.6 Å². The molecule has 2 aromatic rings. The van der Waals surface area contributed by atoms with E-state index in [1.54, 1.807) is 13.2 Å². The summed E-state index contributed by atoms with van der Waals surface area (Å²) < 4.78 is 21.1. The normalized spacial score (nSPS) is 12.1. The average molecular weight is 417 g/mol. The first kappa shape index (κ1) is 16.3. The monoisotopic (exact) mass is 415 g/mol. The lowest BCUT2D eigenvalue weighted by molar-refractivity contribution is 0.415. The van der Waals surface area contributed by atoms with Crippen LogP contribution in [-0.4, -0.2) is 7.11 Å². The molecule has 0 radical (unpaired) electrons. The van der Waals surface area contributed by atoms with Gasteiger partial charge >= 0.3 is 0 Å². The summed E-state index contributed by atoms with van der Waals surface area (Å²) in [5, 5.41) is 3.33. The molecule has 0 heterocycles. The van der Waals surface area contributed by atoms with Gasteiger partial charge in [-0.1, -0.05) is 37.9 Å². The Labute approximate surface area is 141 Å². The minimum atomic E-state index is -0.238. The second kappa shape index (κ2) is 6.79. The van der Waals surface area contributed by atoms with Crippen LogP contribution in [-0.2, 0) is 0 Å². The fraction of sp³-hybridized carbons (Fsp3) is 0.250. The number of anilines is 1. The van der Waals surface area contributed by atoms with Gasteiger partial charge in [0.2, 0.25) is 0 Å². The third-order valence-electron chi connectivity index (χ3n) is 3.27. The largest absolute Gasteiger partial charge is 0.495 e. The van der Waals surface area contributed by atoms with Crippen LogP contribution in [0, 0.1) is 12.7 Å². The number of ether oxygens (including phenoxy) is 1. The zero-order chi connectivity index (χ0) is 15.6. The van der Waals surface area contributed by atoms with Crippen LogP contribution in [0.2, 0.25) is 0 Å². The molecule has 112 valence electrons. The maximum Gasteiger partial charge on any atom is 0.143 e. The van der Waals surface area contributed by atoms with E-state index in [4.69, 9.17) is 4.74 Å². The van der Waals surface area contributed by atoms with Gasteiger partial charge in [0, 0.05) is 14.5 Å². The number of rotatable bonds is 4. The van der Waals surface area contributed by atoms with Gasteiger partial charge in [-0.15, -0.1) is 0 Å². The van der Waals surface area contributed by atoms with Gasteiger partial charge in [-0.05, 0) is 43.7 Å². The van der Waals surface area contributed by atoms with E-state index in [1.165, 1.54) is 6.07 Å². The topological polar surface area (TPSA) is 21.3 Å². The summed E-state index contributed by atoms with van der Waals surface area (Å²) in [4.78, 5) is 0. The number of halogens is 3. The molecule has 0 bridgehead atoms. The van der Waals surface area contributed by atoms with E-state index in [9.17, 15) is 4.39 Å². The second-order valence-corrected chi connectivity index (χ2v) is 6.66. The summed E-state index contributed by atoms with van der Waals surface area (Å²) in [6.07, 6.45) is 0. The minimum absolute atomic E-state index is 0.174. The van der Waals surface area contributed by atoms with Crippen molar-refractivity contribution < 1.29 is 9.13 Å². The first-order valence-corrected chi connectivity index (χ1v) is 8.06. The van der Waals surface area contributed by atoms with Crippen LogP contribution in [0.25, 0.3) is 0 Å². The highest BCUT2D eigenvalue weighted by Crippen LogP contribution is 2.35. The van der Waals surface area contributed by atoms with Crippen molar-refractivity contribution in [2.24, 2.45) is 0 Å². The molecule has 0 saturated carbocycles. The summed E-state index contributed by atoms with van der Waals surface area (Å²) in [5.74, 6) is 0.490. The molecule has 0 saturated heterocycles. The molecule has 0 aliphatic rings. The summed E-state index contributed by atoms with van der Waals surface area (Å²) in [5.41, 5.74) is 2.52. The lowest BCUT2D eigenvalue weighted by atomic mass is 10.1. The standard InChI is InChI=1S/C16H16Br2FNO/c1-9-6-12(18)8-15(21-3)16(9)20-10(2)13-5-4-11(17)7-14(13)19/h4-8,10,20H,1-3H3. The Balaban J connectivity index is 2.33. The highest BCUT2D eigenvalue weighted by Gasteiger charge is 2.15. The number of methoxy groups -OCH3 is 1. The maximum absolute atomic E-state index is 14.0. The number of hydrogen-bond donors (Lipinski definition) is 1. The van der Waals surface area contributed by atoms with Crippen molar-refractivity contribution >= 4 is 37.5 Å². The predicted octanol–water partition coefficient (Wildman–Crippen LogP) is 5.84. The Kier molecular flexibility index (Phi) is 5.27. The number of nitrogens with one attached hydrogen (secondary N) is 1. The van der Waals surface area contributed by atoms with Gasteiger partial charge in [-0.3, -0.25) is 0 Å². The maximum atomic E-state index is 14.0. The SMILES string of the molecule is COc1cc(Br)cc(C)c1NC(C)c1ccc(Br)cc1F. The zero-order valence-electron chi connectivity index (χ0n) is 12.0. The number of benzene rings is 2. The average Bonchev–Trinajstić information content (AvgIpc) is 2.41. The van der Waals surface area contributed by atoms with Crippen LogP contribution >= 0.6 is 31.9 Å². The Morgan fingerprint density at radius 1 is 1.14 bits per heavy atom. The lowest BCUT2D eigenvalue weighted by Crippen LogP contribution is -2.10. The van der Waals surface area contributed by atoms with Crippen LogP contribution in [0.1, 0.15) is 24.1 Å². The van der Waals surface area contributed by atoms with E-state index < -0.39 is 0 Å². The molecule has 1 N–H and O–H groups in total. The van der Waals surface area contributed by atoms with Crippen LogP contribution < -0.4 is 10.1 Å². The van der Waals surface area contributed by atoms with Gasteiger partial charge in [-0.2, -0.15) is 0 Å². The van der Waals surface area contributed by atoms with Crippen molar-refractivity contribution in [1.82, 2.24) is 0 Å². The van der Waals surface area contributed by atoms with Gasteiger partial charge in [0.15, 0.2) is 0 Å². The van der Waals surface area contributed by atoms with E-state index in [1.807, 2.05) is 32.0 Å². The minimum Gasteiger partial charge on any atom is -0.495 e. The first-order valence-electron chi connectivity index (χ1n) is 6.48. The molecule has 0 spiro atoms. The van der Waals surface area contributed by atoms with Gasteiger partial charge < -0.3 is 10.1 Å². The first-order chi connectivity index (χ1) is 9.92. The molecule has 5 heteroatoms. The molecule has 0 fully saturated rings. The summed E-state index contributed by atoms with van der Waals surface area (Å²) in [7, 11) is 1.62. The molecule has 2 aromatic carbocycles. The van der Waals surface area contributed by atoms with E-state index in [-0.39, 0.29) is 11.9 Å². The van der Waals surface area contributed by atoms with Crippen molar-refractivity contribution in [1.29, 1.82) is 0 Å². The van der Waals surface area contributed by atoms with Gasteiger partial charge in [0.25, 0.3) is 0 Å². The van der Waals surface area contributed by atoms with Crippen molar-refractivity contribution in [2.75, 3.05) is 12.4 Å². The fourth-order valence-corrected chi connectivity index (χ4v) is 3.09. The molecule has 1 unspecified atom stereocenters. The molecule has 0 amide bonds. The third-order valence-corrected chi connectivity index (χ3v) is 4.22. The third kappa shape index (κ3) is 3.77. The lowest BCUT2D eigenvalue weighted by Gasteiger charge is -2.20. The Bertz CT molecular complexity index is 661. The zero-order valence-corrected chi connectivity index (χ0v) is 15.2. The Morgan fingerprint density at radius 3 is 2.48 bits per heavy atom. The number of aryl methyl sites for hydroxylation is 1. The van der Waals surface area contributed by atoms with Crippen molar-refractivity contribution in [2.45, 2.75) is 19.9 Å². The van der Waals surface area contributed by atoms with E-state index >= 15 is 0 Å².